The summed E-state index contributed by atoms with van der Waals surface area (Å²) >= 11 is 0. The number of nitro benzene ring substituents is 1. The minimum atomic E-state index is -1.59. The van der Waals surface area contributed by atoms with Gasteiger partial charge >= 0.3 is 23.9 Å². The maximum Gasteiger partial charge on any atom is 0.333 e. The second-order valence-corrected chi connectivity index (χ2v) is 9.24. The fourth-order valence-corrected chi connectivity index (χ4v) is 3.24. The van der Waals surface area contributed by atoms with Crippen molar-refractivity contribution in [3.63, 3.8) is 0 Å². The predicted molar refractivity (Wildman–Crippen MR) is 142 cm³/mol. The third-order valence-corrected chi connectivity index (χ3v) is 5.39. The van der Waals surface area contributed by atoms with Crippen molar-refractivity contribution < 1.29 is 52.5 Å². The van der Waals surface area contributed by atoms with Crippen LogP contribution in [0.2, 0.25) is 0 Å². The normalized spacial score (nSPS) is 21.4. The van der Waals surface area contributed by atoms with E-state index in [1.165, 1.54) is 39.8 Å². The number of hydrogen-bond acceptors (Lipinski definition) is 12. The van der Waals surface area contributed by atoms with Gasteiger partial charge in [0.2, 0.25) is 12.4 Å². The summed E-state index contributed by atoms with van der Waals surface area (Å²) in [4.78, 5) is 60.5. The van der Waals surface area contributed by atoms with E-state index >= 15 is 0 Å². The highest BCUT2D eigenvalue weighted by atomic mass is 16.7. The van der Waals surface area contributed by atoms with Gasteiger partial charge < -0.3 is 28.4 Å². The quantitative estimate of drug-likeness (QED) is 0.118. The molecule has 13 nitrogen and oxygen atoms in total. The molecule has 0 spiro atoms. The molecule has 5 atom stereocenters. The first kappa shape index (κ1) is 32.4. The smallest absolute Gasteiger partial charge is 0.333 e. The number of ether oxygens (including phenoxy) is 6. The lowest BCUT2D eigenvalue weighted by Crippen LogP contribution is -2.64. The molecule has 0 bridgehead atoms. The Hall–Kier alpha value is -4.78. The topological polar surface area (TPSA) is 167 Å². The molecule has 0 aliphatic carbocycles. The molecular weight excluding hydrogens is 542 g/mol. The average molecular weight is 574 g/mol. The summed E-state index contributed by atoms with van der Waals surface area (Å²) in [5.74, 6) is -3.53. The van der Waals surface area contributed by atoms with E-state index < -0.39 is 66.1 Å². The summed E-state index contributed by atoms with van der Waals surface area (Å²) in [5, 5.41) is 11.1. The molecule has 220 valence electrons. The zero-order valence-electron chi connectivity index (χ0n) is 23.1. The molecular formula is C28H31NO12. The van der Waals surface area contributed by atoms with Crippen molar-refractivity contribution in [1.82, 2.24) is 0 Å². The summed E-state index contributed by atoms with van der Waals surface area (Å²) in [6, 6.07) is 4.85. The first-order valence-corrected chi connectivity index (χ1v) is 12.1. The van der Waals surface area contributed by atoms with E-state index in [9.17, 15) is 29.3 Å². The molecule has 0 N–H and O–H groups in total. The van der Waals surface area contributed by atoms with Crippen LogP contribution in [0.5, 0.6) is 5.75 Å². The van der Waals surface area contributed by atoms with Gasteiger partial charge in [-0.15, -0.1) is 0 Å². The van der Waals surface area contributed by atoms with Crippen LogP contribution in [0.3, 0.4) is 0 Å². The maximum absolute atomic E-state index is 12.7. The van der Waals surface area contributed by atoms with Crippen LogP contribution in [0.4, 0.5) is 5.69 Å². The molecule has 1 heterocycles. The van der Waals surface area contributed by atoms with Crippen LogP contribution in [0.1, 0.15) is 27.7 Å². The Bertz CT molecular complexity index is 1270. The molecule has 0 unspecified atom stereocenters. The molecule has 0 aromatic heterocycles. The number of nitro groups is 1. The molecule has 1 aromatic rings. The summed E-state index contributed by atoms with van der Waals surface area (Å²) in [6.45, 7) is 19.1. The van der Waals surface area contributed by atoms with E-state index in [0.717, 1.165) is 12.1 Å². The van der Waals surface area contributed by atoms with Crippen molar-refractivity contribution in [2.24, 2.45) is 0 Å². The van der Waals surface area contributed by atoms with Gasteiger partial charge in [0.05, 0.1) is 4.92 Å². The highest BCUT2D eigenvalue weighted by Gasteiger charge is 2.54. The van der Waals surface area contributed by atoms with Crippen molar-refractivity contribution >= 4 is 29.6 Å². The number of benzene rings is 1. The first-order chi connectivity index (χ1) is 19.1. The highest BCUT2D eigenvalue weighted by Crippen LogP contribution is 2.32. The Balaban J connectivity index is 2.63. The zero-order valence-corrected chi connectivity index (χ0v) is 23.1. The largest absolute Gasteiger partial charge is 0.461 e. The molecule has 0 saturated carbocycles. The van der Waals surface area contributed by atoms with Crippen LogP contribution in [-0.2, 0) is 42.9 Å². The maximum atomic E-state index is 12.7. The van der Waals surface area contributed by atoms with Crippen molar-refractivity contribution in [2.75, 3.05) is 6.61 Å². The second kappa shape index (κ2) is 14.0. The summed E-state index contributed by atoms with van der Waals surface area (Å²) in [6.07, 6.45) is -7.60. The third kappa shape index (κ3) is 8.86. The molecule has 0 amide bonds. The molecule has 2 rings (SSSR count). The number of nitrogens with zero attached hydrogens (tertiary/aromatic N) is 1. The van der Waals surface area contributed by atoms with Crippen LogP contribution >= 0.6 is 0 Å². The molecule has 1 aromatic carbocycles. The van der Waals surface area contributed by atoms with E-state index in [1.54, 1.807) is 0 Å². The van der Waals surface area contributed by atoms with Gasteiger partial charge in [0, 0.05) is 34.4 Å². The average Bonchev–Trinajstić information content (AvgIpc) is 2.90. The Morgan fingerprint density at radius 3 is 1.63 bits per heavy atom. The molecule has 1 aliphatic heterocycles. The number of esters is 4. The van der Waals surface area contributed by atoms with Crippen LogP contribution in [0.15, 0.2) is 72.9 Å². The number of rotatable bonds is 12. The minimum absolute atomic E-state index is 0.0209. The second-order valence-electron chi connectivity index (χ2n) is 9.24. The van der Waals surface area contributed by atoms with Gasteiger partial charge in [-0.1, -0.05) is 26.3 Å². The lowest BCUT2D eigenvalue weighted by Gasteiger charge is -2.44. The molecule has 1 saturated heterocycles. The van der Waals surface area contributed by atoms with Gasteiger partial charge in [0.15, 0.2) is 12.2 Å². The first-order valence-electron chi connectivity index (χ1n) is 12.1. The van der Waals surface area contributed by atoms with E-state index in [-0.39, 0.29) is 33.7 Å². The van der Waals surface area contributed by atoms with Crippen molar-refractivity contribution in [1.29, 1.82) is 0 Å². The number of non-ortho nitro benzene ring substituents is 1. The van der Waals surface area contributed by atoms with Crippen LogP contribution < -0.4 is 4.74 Å². The van der Waals surface area contributed by atoms with Crippen LogP contribution in [0, 0.1) is 10.1 Å². The summed E-state index contributed by atoms with van der Waals surface area (Å²) in [5.41, 5.74) is -0.251. The van der Waals surface area contributed by atoms with Crippen LogP contribution in [0.25, 0.3) is 0 Å². The highest BCUT2D eigenvalue weighted by molar-refractivity contribution is 5.89. The fourth-order valence-electron chi connectivity index (χ4n) is 3.24. The molecule has 1 fully saturated rings. The Morgan fingerprint density at radius 1 is 0.756 bits per heavy atom. The van der Waals surface area contributed by atoms with Crippen LogP contribution in [-0.4, -0.2) is 66.1 Å². The van der Waals surface area contributed by atoms with Gasteiger partial charge in [-0.3, -0.25) is 10.1 Å². The lowest BCUT2D eigenvalue weighted by molar-refractivity contribution is -0.384. The summed E-state index contributed by atoms with van der Waals surface area (Å²) in [7, 11) is 0. The number of carbonyl (C=O) groups excluding carboxylic acids is 4. The Morgan fingerprint density at radius 2 is 1.20 bits per heavy atom. The van der Waals surface area contributed by atoms with Gasteiger partial charge in [0.25, 0.3) is 5.69 Å². The fraction of sp³-hybridized carbons (Fsp3) is 0.357. The molecule has 13 heteroatoms. The van der Waals surface area contributed by atoms with E-state index in [1.807, 2.05) is 0 Å². The van der Waals surface area contributed by atoms with Crippen molar-refractivity contribution in [3.05, 3.63) is 83.0 Å². The van der Waals surface area contributed by atoms with E-state index in [4.69, 9.17) is 28.4 Å². The lowest BCUT2D eigenvalue weighted by atomic mass is 9.97. The van der Waals surface area contributed by atoms with Gasteiger partial charge in [-0.2, -0.15) is 0 Å². The number of hydrogen-bond donors (Lipinski definition) is 0. The van der Waals surface area contributed by atoms with Gasteiger partial charge in [-0.05, 0) is 39.8 Å². The van der Waals surface area contributed by atoms with Crippen molar-refractivity contribution in [2.45, 2.75) is 58.4 Å². The molecule has 0 radical (unpaired) electrons. The van der Waals surface area contributed by atoms with E-state index in [0.29, 0.717) is 0 Å². The number of carbonyl (C=O) groups is 4. The standard InChI is InChI=1S/C28H31NO12/c1-14(2)24(30)36-13-20-21(39-25(31)15(3)4)22(40-26(32)16(5)6)23(41-27(33)17(7)8)28(38-20)37-19-11-9-18(10-12-19)29(34)35/h9-12,20-23,28H,1,3,5,7,13H2,2,4,6,8H3/t20-,21-,22+,23-,28+/m1/s1. The third-order valence-electron chi connectivity index (χ3n) is 5.39. The van der Waals surface area contributed by atoms with E-state index in [2.05, 4.69) is 26.3 Å². The molecule has 41 heavy (non-hydrogen) atoms. The minimum Gasteiger partial charge on any atom is -0.461 e. The van der Waals surface area contributed by atoms with Gasteiger partial charge in [0.1, 0.15) is 18.5 Å². The van der Waals surface area contributed by atoms with Crippen molar-refractivity contribution in [3.8, 4) is 5.75 Å². The predicted octanol–water partition coefficient (Wildman–Crippen LogP) is 3.28. The monoisotopic (exact) mass is 573 g/mol. The SMILES string of the molecule is C=C(C)C(=O)OC[C@H]1O[C@H](Oc2ccc([N+](=O)[O-])cc2)[C@H](OC(=O)C(=C)C)[C@@H](OC(=O)C(=C)C)[C@@H]1OC(=O)C(=C)C. The van der Waals surface area contributed by atoms with Gasteiger partial charge in [-0.25, -0.2) is 19.2 Å². The Kier molecular flexibility index (Phi) is 11.1. The zero-order chi connectivity index (χ0) is 31.0. The molecule has 1 aliphatic rings. The Labute approximate surface area is 236 Å². The summed E-state index contributed by atoms with van der Waals surface area (Å²) < 4.78 is 33.7.